The summed E-state index contributed by atoms with van der Waals surface area (Å²) in [6.07, 6.45) is 0. The van der Waals surface area contributed by atoms with Gasteiger partial charge in [0.25, 0.3) is 5.91 Å². The maximum atomic E-state index is 13.0. The van der Waals surface area contributed by atoms with Gasteiger partial charge in [-0.1, -0.05) is 0 Å². The summed E-state index contributed by atoms with van der Waals surface area (Å²) in [7, 11) is 0. The Kier molecular flexibility index (Phi) is 3.32. The molecule has 94 valence electrons. The summed E-state index contributed by atoms with van der Waals surface area (Å²) in [4.78, 5) is 11.7. The van der Waals surface area contributed by atoms with Gasteiger partial charge in [0.05, 0.1) is 12.1 Å². The number of carbonyl (C=O) groups is 1. The molecule has 2 N–H and O–H groups in total. The van der Waals surface area contributed by atoms with E-state index in [-0.39, 0.29) is 17.9 Å². The van der Waals surface area contributed by atoms with Gasteiger partial charge in [-0.25, -0.2) is 4.39 Å². The Balaban J connectivity index is 2.05. The minimum Gasteiger partial charge on any atom is -0.507 e. The zero-order valence-electron chi connectivity index (χ0n) is 9.74. The molecule has 0 aliphatic heterocycles. The Morgan fingerprint density at radius 2 is 2.17 bits per heavy atom. The van der Waals surface area contributed by atoms with E-state index < -0.39 is 11.7 Å². The number of aromatic hydroxyl groups is 1. The van der Waals surface area contributed by atoms with E-state index in [0.717, 1.165) is 24.0 Å². The molecule has 2 rings (SSSR count). The van der Waals surface area contributed by atoms with E-state index in [1.165, 1.54) is 0 Å². The molecular formula is C13H12FNO3. The molecule has 1 heterocycles. The monoisotopic (exact) mass is 249 g/mol. The molecular weight excluding hydrogens is 237 g/mol. The van der Waals surface area contributed by atoms with Crippen LogP contribution >= 0.6 is 0 Å². The van der Waals surface area contributed by atoms with Gasteiger partial charge in [-0.2, -0.15) is 0 Å². The van der Waals surface area contributed by atoms with Gasteiger partial charge in [-0.3, -0.25) is 4.79 Å². The molecule has 2 aromatic rings. The minimum absolute atomic E-state index is 0.0988. The van der Waals surface area contributed by atoms with Gasteiger partial charge in [0.2, 0.25) is 0 Å². The van der Waals surface area contributed by atoms with Crippen molar-refractivity contribution in [2.24, 2.45) is 0 Å². The standard InChI is InChI=1S/C13H12FNO3/c1-8-2-4-10(18-8)7-15-13(17)11-6-9(14)3-5-12(11)16/h2-6,16H,7H2,1H3,(H,15,17). The first-order valence-corrected chi connectivity index (χ1v) is 5.38. The summed E-state index contributed by atoms with van der Waals surface area (Å²) in [5, 5.41) is 12.0. The number of nitrogens with one attached hydrogen (secondary N) is 1. The maximum absolute atomic E-state index is 13.0. The molecule has 1 aromatic heterocycles. The topological polar surface area (TPSA) is 62.5 Å². The number of carbonyl (C=O) groups excluding carboxylic acids is 1. The highest BCUT2D eigenvalue weighted by atomic mass is 19.1. The van der Waals surface area contributed by atoms with Crippen LogP contribution in [-0.4, -0.2) is 11.0 Å². The molecule has 0 saturated heterocycles. The predicted octanol–water partition coefficient (Wildman–Crippen LogP) is 2.36. The van der Waals surface area contributed by atoms with E-state index in [1.807, 2.05) is 0 Å². The van der Waals surface area contributed by atoms with Gasteiger partial charge >= 0.3 is 0 Å². The van der Waals surface area contributed by atoms with Crippen LogP contribution in [0, 0.1) is 12.7 Å². The smallest absolute Gasteiger partial charge is 0.255 e. The highest BCUT2D eigenvalue weighted by molar-refractivity contribution is 5.96. The van der Waals surface area contributed by atoms with Crippen molar-refractivity contribution in [3.8, 4) is 5.75 Å². The predicted molar refractivity (Wildman–Crippen MR) is 62.7 cm³/mol. The third kappa shape index (κ3) is 2.68. The van der Waals surface area contributed by atoms with E-state index >= 15 is 0 Å². The van der Waals surface area contributed by atoms with Crippen LogP contribution in [0.15, 0.2) is 34.7 Å². The number of phenolic OH excluding ortho intramolecular Hbond substituents is 1. The number of amides is 1. The Morgan fingerprint density at radius 3 is 2.83 bits per heavy atom. The van der Waals surface area contributed by atoms with Crippen molar-refractivity contribution in [2.75, 3.05) is 0 Å². The second-order valence-electron chi connectivity index (χ2n) is 3.86. The van der Waals surface area contributed by atoms with Crippen molar-refractivity contribution in [3.63, 3.8) is 0 Å². The second kappa shape index (κ2) is 4.91. The number of furan rings is 1. The average molecular weight is 249 g/mol. The third-order valence-corrected chi connectivity index (χ3v) is 2.42. The zero-order valence-corrected chi connectivity index (χ0v) is 9.74. The molecule has 1 amide bonds. The lowest BCUT2D eigenvalue weighted by Gasteiger charge is -2.05. The molecule has 0 aliphatic rings. The lowest BCUT2D eigenvalue weighted by Crippen LogP contribution is -2.22. The van der Waals surface area contributed by atoms with E-state index in [9.17, 15) is 14.3 Å². The van der Waals surface area contributed by atoms with Crippen LogP contribution < -0.4 is 5.32 Å². The fraction of sp³-hybridized carbons (Fsp3) is 0.154. The molecule has 0 unspecified atom stereocenters. The molecule has 0 atom stereocenters. The number of hydrogen-bond acceptors (Lipinski definition) is 3. The molecule has 5 heteroatoms. The number of benzene rings is 1. The fourth-order valence-electron chi connectivity index (χ4n) is 1.53. The SMILES string of the molecule is Cc1ccc(CNC(=O)c2cc(F)ccc2O)o1. The maximum Gasteiger partial charge on any atom is 0.255 e. The van der Waals surface area contributed by atoms with Crippen LogP contribution in [0.25, 0.3) is 0 Å². The van der Waals surface area contributed by atoms with Gasteiger partial charge in [0, 0.05) is 0 Å². The summed E-state index contributed by atoms with van der Waals surface area (Å²) in [5.41, 5.74) is -0.0988. The summed E-state index contributed by atoms with van der Waals surface area (Å²) in [5.74, 6) is -0.0537. The van der Waals surface area contributed by atoms with E-state index in [0.29, 0.717) is 5.76 Å². The van der Waals surface area contributed by atoms with Crippen molar-refractivity contribution in [1.82, 2.24) is 5.32 Å². The van der Waals surface area contributed by atoms with Crippen LogP contribution in [0.1, 0.15) is 21.9 Å². The Bertz CT molecular complexity index is 577. The van der Waals surface area contributed by atoms with Gasteiger partial charge in [0.1, 0.15) is 23.1 Å². The lowest BCUT2D eigenvalue weighted by atomic mass is 10.2. The molecule has 0 radical (unpaired) electrons. The normalized spacial score (nSPS) is 10.3. The van der Waals surface area contributed by atoms with E-state index in [1.54, 1.807) is 19.1 Å². The van der Waals surface area contributed by atoms with Crippen molar-refractivity contribution >= 4 is 5.91 Å². The quantitative estimate of drug-likeness (QED) is 0.877. The van der Waals surface area contributed by atoms with Crippen LogP contribution in [0.3, 0.4) is 0 Å². The second-order valence-corrected chi connectivity index (χ2v) is 3.86. The van der Waals surface area contributed by atoms with Crippen molar-refractivity contribution in [1.29, 1.82) is 0 Å². The van der Waals surface area contributed by atoms with Gasteiger partial charge < -0.3 is 14.8 Å². The lowest BCUT2D eigenvalue weighted by molar-refractivity contribution is 0.0944. The first kappa shape index (κ1) is 12.2. The Labute approximate surface area is 103 Å². The molecule has 0 aliphatic carbocycles. The molecule has 0 fully saturated rings. The van der Waals surface area contributed by atoms with Crippen molar-refractivity contribution in [2.45, 2.75) is 13.5 Å². The Hall–Kier alpha value is -2.30. The molecule has 18 heavy (non-hydrogen) atoms. The Morgan fingerprint density at radius 1 is 1.39 bits per heavy atom. The summed E-state index contributed by atoms with van der Waals surface area (Å²) >= 11 is 0. The fourth-order valence-corrected chi connectivity index (χ4v) is 1.53. The largest absolute Gasteiger partial charge is 0.507 e. The third-order valence-electron chi connectivity index (χ3n) is 2.42. The van der Waals surface area contributed by atoms with Gasteiger partial charge in [-0.15, -0.1) is 0 Å². The number of halogens is 1. The highest BCUT2D eigenvalue weighted by Crippen LogP contribution is 2.17. The summed E-state index contributed by atoms with van der Waals surface area (Å²) < 4.78 is 18.2. The first-order chi connectivity index (χ1) is 8.56. The first-order valence-electron chi connectivity index (χ1n) is 5.38. The van der Waals surface area contributed by atoms with Crippen LogP contribution in [0.4, 0.5) is 4.39 Å². The van der Waals surface area contributed by atoms with Crippen LogP contribution in [0.2, 0.25) is 0 Å². The van der Waals surface area contributed by atoms with Gasteiger partial charge in [-0.05, 0) is 37.3 Å². The average Bonchev–Trinajstić information content (AvgIpc) is 2.75. The number of hydrogen-bond donors (Lipinski definition) is 2. The molecule has 0 saturated carbocycles. The molecule has 0 spiro atoms. The summed E-state index contributed by atoms with van der Waals surface area (Å²) in [6.45, 7) is 1.98. The molecule has 1 aromatic carbocycles. The van der Waals surface area contributed by atoms with Crippen molar-refractivity contribution in [3.05, 3.63) is 53.2 Å². The van der Waals surface area contributed by atoms with E-state index in [4.69, 9.17) is 4.42 Å². The number of phenols is 1. The number of aryl methyl sites for hydroxylation is 1. The van der Waals surface area contributed by atoms with Crippen molar-refractivity contribution < 1.29 is 18.7 Å². The van der Waals surface area contributed by atoms with E-state index in [2.05, 4.69) is 5.32 Å². The minimum atomic E-state index is -0.577. The van der Waals surface area contributed by atoms with Crippen LogP contribution in [-0.2, 0) is 6.54 Å². The summed E-state index contributed by atoms with van der Waals surface area (Å²) in [6, 6.07) is 6.73. The van der Waals surface area contributed by atoms with Gasteiger partial charge in [0.15, 0.2) is 0 Å². The van der Waals surface area contributed by atoms with Crippen LogP contribution in [0.5, 0.6) is 5.75 Å². The highest BCUT2D eigenvalue weighted by Gasteiger charge is 2.12. The molecule has 0 bridgehead atoms. The zero-order chi connectivity index (χ0) is 13.1. The molecule has 4 nitrogen and oxygen atoms in total. The number of rotatable bonds is 3.